The quantitative estimate of drug-likeness (QED) is 0.317. The van der Waals surface area contributed by atoms with Crippen molar-refractivity contribution in [1.29, 1.82) is 5.41 Å². The Balaban J connectivity index is 1.19. The first kappa shape index (κ1) is 29.5. The number of likely N-dealkylation sites (N-methyl/N-ethyl adjacent to an activating group) is 1. The molecule has 230 valence electrons. The average Bonchev–Trinajstić information content (AvgIpc) is 3.77. The smallest absolute Gasteiger partial charge is 0.325 e. The van der Waals surface area contributed by atoms with Crippen LogP contribution in [0.15, 0.2) is 42.6 Å². The molecule has 2 heterocycles. The number of hydrogen-bond donors (Lipinski definition) is 3. The van der Waals surface area contributed by atoms with E-state index in [2.05, 4.69) is 10.6 Å². The van der Waals surface area contributed by atoms with Crippen molar-refractivity contribution in [2.24, 2.45) is 5.92 Å². The van der Waals surface area contributed by atoms with Crippen molar-refractivity contribution < 1.29 is 23.6 Å². The molecule has 2 aromatic carbocycles. The van der Waals surface area contributed by atoms with Crippen LogP contribution in [0.2, 0.25) is 0 Å². The van der Waals surface area contributed by atoms with E-state index in [4.69, 9.17) is 5.41 Å². The molecule has 44 heavy (non-hydrogen) atoms. The largest absolute Gasteiger partial charge is 0.382 e. The lowest BCUT2D eigenvalue weighted by Gasteiger charge is -2.31. The number of carbonyl (C=O) groups is 4. The fraction of sp³-hybridized carbons (Fsp3) is 0.424. The number of carbonyl (C=O) groups excluding carboxylic acids is 4. The molecule has 11 heteroatoms. The summed E-state index contributed by atoms with van der Waals surface area (Å²) in [6, 6.07) is 9.58. The van der Waals surface area contributed by atoms with Crippen molar-refractivity contribution in [3.8, 4) is 0 Å². The molecule has 2 atom stereocenters. The summed E-state index contributed by atoms with van der Waals surface area (Å²) in [6.07, 6.45) is 7.19. The maximum Gasteiger partial charge on any atom is 0.325 e. The summed E-state index contributed by atoms with van der Waals surface area (Å²) in [7, 11) is 3.34. The molecule has 4 aliphatic rings. The minimum absolute atomic E-state index is 0.00935. The molecule has 2 fully saturated rings. The van der Waals surface area contributed by atoms with E-state index in [9.17, 15) is 23.6 Å². The van der Waals surface area contributed by atoms with Gasteiger partial charge in [0.25, 0.3) is 5.91 Å². The first-order chi connectivity index (χ1) is 21.1. The van der Waals surface area contributed by atoms with Gasteiger partial charge in [-0.25, -0.2) is 9.18 Å². The molecule has 6 rings (SSSR count). The molecule has 1 unspecified atom stereocenters. The lowest BCUT2D eigenvalue weighted by Crippen LogP contribution is -2.48. The van der Waals surface area contributed by atoms with Crippen molar-refractivity contribution in [2.75, 3.05) is 27.2 Å². The lowest BCUT2D eigenvalue weighted by molar-refractivity contribution is -0.141. The maximum absolute atomic E-state index is 13.9. The van der Waals surface area contributed by atoms with Gasteiger partial charge in [-0.15, -0.1) is 0 Å². The fourth-order valence-corrected chi connectivity index (χ4v) is 6.80. The van der Waals surface area contributed by atoms with Crippen molar-refractivity contribution >= 4 is 35.5 Å². The van der Waals surface area contributed by atoms with E-state index >= 15 is 0 Å². The monoisotopic (exact) mass is 600 g/mol. The van der Waals surface area contributed by atoms with Crippen molar-refractivity contribution in [3.05, 3.63) is 76.2 Å². The Labute approximate surface area is 255 Å². The fourth-order valence-electron chi connectivity index (χ4n) is 6.80. The molecular weight excluding hydrogens is 563 g/mol. The Morgan fingerprint density at radius 1 is 1.09 bits per heavy atom. The molecule has 10 nitrogen and oxygen atoms in total. The number of benzene rings is 2. The van der Waals surface area contributed by atoms with Crippen LogP contribution in [-0.2, 0) is 39.3 Å². The number of halogens is 1. The van der Waals surface area contributed by atoms with Gasteiger partial charge in [-0.3, -0.25) is 19.3 Å². The van der Waals surface area contributed by atoms with E-state index in [0.29, 0.717) is 42.9 Å². The molecule has 2 aliphatic carbocycles. The number of nitrogens with zero attached hydrogens (tertiary/aromatic N) is 3. The summed E-state index contributed by atoms with van der Waals surface area (Å²) in [4.78, 5) is 57.2. The minimum Gasteiger partial charge on any atom is -0.382 e. The van der Waals surface area contributed by atoms with Gasteiger partial charge in [0.05, 0.1) is 6.54 Å². The molecule has 5 amide bonds. The van der Waals surface area contributed by atoms with Gasteiger partial charge in [0, 0.05) is 44.7 Å². The summed E-state index contributed by atoms with van der Waals surface area (Å²) in [5, 5.41) is 13.7. The van der Waals surface area contributed by atoms with Crippen LogP contribution in [-0.4, -0.2) is 77.9 Å². The molecule has 1 spiro atoms. The van der Waals surface area contributed by atoms with Gasteiger partial charge in [0.2, 0.25) is 11.8 Å². The van der Waals surface area contributed by atoms with Crippen molar-refractivity contribution in [3.63, 3.8) is 0 Å². The number of urea groups is 1. The van der Waals surface area contributed by atoms with E-state index in [1.54, 1.807) is 49.5 Å². The zero-order valence-electron chi connectivity index (χ0n) is 25.0. The van der Waals surface area contributed by atoms with Gasteiger partial charge in [-0.1, -0.05) is 24.3 Å². The molecule has 0 bridgehead atoms. The van der Waals surface area contributed by atoms with Crippen LogP contribution in [0.1, 0.15) is 53.5 Å². The first-order valence-electron chi connectivity index (χ1n) is 15.1. The third kappa shape index (κ3) is 5.35. The average molecular weight is 601 g/mol. The Kier molecular flexibility index (Phi) is 7.73. The van der Waals surface area contributed by atoms with Crippen LogP contribution in [0.3, 0.4) is 0 Å². The highest BCUT2D eigenvalue weighted by atomic mass is 19.1. The van der Waals surface area contributed by atoms with Crippen LogP contribution in [0, 0.1) is 17.1 Å². The SMILES string of the molecule is CN(C)C(=O)CN/C=C(\C=N)c1ccc2c(c1)CCC21NC(=O)N(CC(=O)N2Cc3ccc(F)cc3CC[C@H]2C2CC2)C1=O. The molecule has 2 aromatic rings. The third-order valence-corrected chi connectivity index (χ3v) is 9.41. The standard InChI is InChI=1S/C33H37FN6O4/c1-38(2)29(41)17-36-16-25(15-35)21-6-9-27-23(13-21)11-12-33(27)31(43)40(32(44)37-33)19-30(42)39-18-24-5-8-26(34)14-22(24)7-10-28(39)20-3-4-20/h5-6,8-9,13-16,20,28,35-36H,3-4,7,10-12,17-19H2,1-2H3,(H,37,44)/b25-16+,35-15?/t28-,33?/m0/s1. The van der Waals surface area contributed by atoms with Gasteiger partial charge in [0.15, 0.2) is 0 Å². The zero-order chi connectivity index (χ0) is 31.2. The molecule has 1 saturated heterocycles. The number of imide groups is 1. The Hall–Kier alpha value is -4.54. The van der Waals surface area contributed by atoms with Gasteiger partial charge in [0.1, 0.15) is 17.9 Å². The predicted octanol–water partition coefficient (Wildman–Crippen LogP) is 2.94. The van der Waals surface area contributed by atoms with E-state index in [1.807, 2.05) is 6.07 Å². The topological polar surface area (TPSA) is 126 Å². The number of hydrogen-bond acceptors (Lipinski definition) is 6. The number of amides is 5. The van der Waals surface area contributed by atoms with Crippen LogP contribution >= 0.6 is 0 Å². The second-order valence-electron chi connectivity index (χ2n) is 12.4. The molecular formula is C33H37FN6O4. The number of rotatable bonds is 8. The lowest BCUT2D eigenvalue weighted by atomic mass is 9.90. The highest BCUT2D eigenvalue weighted by Gasteiger charge is 2.56. The molecule has 3 N–H and O–H groups in total. The molecule has 0 aromatic heterocycles. The summed E-state index contributed by atoms with van der Waals surface area (Å²) in [6.45, 7) is 0.0754. The van der Waals surface area contributed by atoms with E-state index < -0.39 is 17.5 Å². The van der Waals surface area contributed by atoms with Crippen LogP contribution in [0.4, 0.5) is 9.18 Å². The maximum atomic E-state index is 13.9. The summed E-state index contributed by atoms with van der Waals surface area (Å²) >= 11 is 0. The zero-order valence-corrected chi connectivity index (χ0v) is 25.0. The summed E-state index contributed by atoms with van der Waals surface area (Å²) < 4.78 is 13.9. The van der Waals surface area contributed by atoms with Crippen LogP contribution in [0.25, 0.3) is 5.57 Å². The molecule has 1 saturated carbocycles. The number of allylic oxidation sites excluding steroid dienone is 1. The third-order valence-electron chi connectivity index (χ3n) is 9.41. The van der Waals surface area contributed by atoms with Crippen molar-refractivity contribution in [2.45, 2.75) is 56.7 Å². The van der Waals surface area contributed by atoms with Crippen LogP contribution < -0.4 is 10.6 Å². The second-order valence-corrected chi connectivity index (χ2v) is 12.4. The predicted molar refractivity (Wildman–Crippen MR) is 162 cm³/mol. The second kappa shape index (κ2) is 11.5. The highest BCUT2D eigenvalue weighted by molar-refractivity contribution is 6.11. The highest BCUT2D eigenvalue weighted by Crippen LogP contribution is 2.43. The van der Waals surface area contributed by atoms with E-state index in [1.165, 1.54) is 17.2 Å². The summed E-state index contributed by atoms with van der Waals surface area (Å²) in [5.74, 6) is -0.729. The van der Waals surface area contributed by atoms with Crippen molar-refractivity contribution in [1.82, 2.24) is 25.3 Å². The Morgan fingerprint density at radius 3 is 2.61 bits per heavy atom. The van der Waals surface area contributed by atoms with E-state index in [0.717, 1.165) is 46.4 Å². The van der Waals surface area contributed by atoms with Gasteiger partial charge in [-0.2, -0.15) is 0 Å². The normalized spacial score (nSPS) is 22.8. The van der Waals surface area contributed by atoms with Crippen LogP contribution in [0.5, 0.6) is 0 Å². The number of fused-ring (bicyclic) bond motifs is 3. The molecule has 2 aliphatic heterocycles. The Bertz CT molecular complexity index is 1580. The first-order valence-corrected chi connectivity index (χ1v) is 15.1. The number of nitrogens with one attached hydrogen (secondary N) is 3. The minimum atomic E-state index is -1.24. The van der Waals surface area contributed by atoms with Gasteiger partial charge in [-0.05, 0) is 84.4 Å². The van der Waals surface area contributed by atoms with Gasteiger partial charge < -0.3 is 25.8 Å². The molecule has 0 radical (unpaired) electrons. The Morgan fingerprint density at radius 2 is 1.89 bits per heavy atom. The summed E-state index contributed by atoms with van der Waals surface area (Å²) in [5.41, 5.74) is 3.45. The van der Waals surface area contributed by atoms with E-state index in [-0.39, 0.29) is 36.8 Å². The number of aryl methyl sites for hydroxylation is 2. The van der Waals surface area contributed by atoms with Gasteiger partial charge >= 0.3 is 6.03 Å².